The van der Waals surface area contributed by atoms with Gasteiger partial charge >= 0.3 is 16.1 Å². The summed E-state index contributed by atoms with van der Waals surface area (Å²) in [4.78, 5) is 38.9. The zero-order chi connectivity index (χ0) is 29.0. The van der Waals surface area contributed by atoms with E-state index in [4.69, 9.17) is 20.5 Å². The number of hydrogen-bond donors (Lipinski definition) is 1. The Morgan fingerprint density at radius 3 is 2.35 bits per heavy atom. The summed E-state index contributed by atoms with van der Waals surface area (Å²) in [6, 6.07) is 11.9. The predicted octanol–water partition coefficient (Wildman–Crippen LogP) is 5.04. The van der Waals surface area contributed by atoms with E-state index in [2.05, 4.69) is 11.9 Å². The molecule has 1 fully saturated rings. The lowest BCUT2D eigenvalue weighted by atomic mass is 10.0. The first-order valence-electron chi connectivity index (χ1n) is 11.8. The number of allylic oxidation sites excluding steroid dienone is 1. The van der Waals surface area contributed by atoms with Crippen LogP contribution in [0.25, 0.3) is 6.08 Å². The molecule has 1 saturated heterocycles. The summed E-state index contributed by atoms with van der Waals surface area (Å²) in [5.74, 6) is -2.52. The van der Waals surface area contributed by atoms with E-state index in [1.54, 1.807) is 6.92 Å². The normalized spacial score (nSPS) is 14.7. The molecule has 3 aromatic rings. The second-order valence-corrected chi connectivity index (χ2v) is 10.3. The van der Waals surface area contributed by atoms with Gasteiger partial charge in [-0.2, -0.15) is 8.42 Å². The summed E-state index contributed by atoms with van der Waals surface area (Å²) < 4.78 is 50.6. The Morgan fingerprint density at radius 1 is 1.05 bits per heavy atom. The van der Waals surface area contributed by atoms with Crippen LogP contribution in [0.5, 0.6) is 11.5 Å². The highest BCUT2D eigenvalue weighted by atomic mass is 35.5. The van der Waals surface area contributed by atoms with Gasteiger partial charge in [-0.3, -0.25) is 14.9 Å². The Balaban J connectivity index is 1.78. The Bertz CT molecular complexity index is 1640. The second-order valence-electron chi connectivity index (χ2n) is 8.36. The molecule has 206 valence electrons. The number of benzene rings is 3. The van der Waals surface area contributed by atoms with Crippen molar-refractivity contribution in [2.24, 2.45) is 0 Å². The molecule has 0 atom stereocenters. The van der Waals surface area contributed by atoms with E-state index < -0.39 is 39.4 Å². The molecular formula is C28H22ClFN2O7S. The molecule has 0 radical (unpaired) electrons. The van der Waals surface area contributed by atoms with E-state index in [0.717, 1.165) is 12.1 Å². The molecule has 1 aliphatic rings. The first kappa shape index (κ1) is 28.5. The molecule has 12 heteroatoms. The molecule has 0 spiro atoms. The SMILES string of the molecule is C=CCc1cc(/C=C2\C(=O)NC(=O)N(c3ccc(F)cc3)C2=O)cc(OCC)c1OS(=O)(=O)c1ccc(Cl)cc1. The maximum Gasteiger partial charge on any atom is 0.339 e. The summed E-state index contributed by atoms with van der Waals surface area (Å²) >= 11 is 5.87. The highest BCUT2D eigenvalue weighted by Crippen LogP contribution is 2.37. The van der Waals surface area contributed by atoms with Crippen LogP contribution in [0.1, 0.15) is 18.1 Å². The number of amides is 4. The fourth-order valence-electron chi connectivity index (χ4n) is 3.84. The van der Waals surface area contributed by atoms with Gasteiger partial charge in [-0.1, -0.05) is 17.7 Å². The average Bonchev–Trinajstić information content (AvgIpc) is 2.90. The van der Waals surface area contributed by atoms with Crippen LogP contribution in [-0.2, 0) is 26.1 Å². The molecule has 0 bridgehead atoms. The van der Waals surface area contributed by atoms with Gasteiger partial charge in [0, 0.05) is 10.6 Å². The van der Waals surface area contributed by atoms with Crippen molar-refractivity contribution in [3.8, 4) is 11.5 Å². The number of carbonyl (C=O) groups excluding carboxylic acids is 3. The third kappa shape index (κ3) is 6.05. The zero-order valence-electron chi connectivity index (χ0n) is 21.0. The number of hydrogen-bond acceptors (Lipinski definition) is 7. The minimum atomic E-state index is -4.29. The van der Waals surface area contributed by atoms with Gasteiger partial charge in [-0.05, 0) is 85.6 Å². The zero-order valence-corrected chi connectivity index (χ0v) is 22.6. The van der Waals surface area contributed by atoms with Crippen LogP contribution in [0.15, 0.2) is 83.8 Å². The number of carbonyl (C=O) groups is 3. The Hall–Kier alpha value is -4.48. The third-order valence-electron chi connectivity index (χ3n) is 5.61. The largest absolute Gasteiger partial charge is 0.490 e. The molecule has 40 heavy (non-hydrogen) atoms. The van der Waals surface area contributed by atoms with Gasteiger partial charge in [0.1, 0.15) is 16.3 Å². The van der Waals surface area contributed by atoms with Gasteiger partial charge in [0.2, 0.25) is 0 Å². The molecular weight excluding hydrogens is 563 g/mol. The fourth-order valence-corrected chi connectivity index (χ4v) is 4.94. The minimum absolute atomic E-state index is 0.0290. The molecule has 9 nitrogen and oxygen atoms in total. The van der Waals surface area contributed by atoms with Crippen LogP contribution in [-0.4, -0.2) is 32.9 Å². The van der Waals surface area contributed by atoms with Crippen molar-refractivity contribution in [3.05, 3.63) is 101 Å². The molecule has 1 heterocycles. The lowest BCUT2D eigenvalue weighted by Gasteiger charge is -2.26. The number of nitrogens with zero attached hydrogens (tertiary/aromatic N) is 1. The maximum absolute atomic E-state index is 13.4. The highest BCUT2D eigenvalue weighted by Gasteiger charge is 2.37. The number of nitrogens with one attached hydrogen (secondary N) is 1. The van der Waals surface area contributed by atoms with Crippen molar-refractivity contribution in [1.29, 1.82) is 0 Å². The van der Waals surface area contributed by atoms with Crippen LogP contribution in [0.4, 0.5) is 14.9 Å². The first-order valence-corrected chi connectivity index (χ1v) is 13.6. The summed E-state index contributed by atoms with van der Waals surface area (Å²) in [6.45, 7) is 5.52. The number of halogens is 2. The number of urea groups is 1. The maximum atomic E-state index is 13.4. The van der Waals surface area contributed by atoms with Gasteiger partial charge in [0.05, 0.1) is 12.3 Å². The van der Waals surface area contributed by atoms with Crippen LogP contribution < -0.4 is 19.1 Å². The number of anilines is 1. The molecule has 3 aromatic carbocycles. The van der Waals surface area contributed by atoms with E-state index in [1.807, 2.05) is 0 Å². The first-order chi connectivity index (χ1) is 19.0. The quantitative estimate of drug-likeness (QED) is 0.162. The number of imide groups is 2. The summed E-state index contributed by atoms with van der Waals surface area (Å²) in [5.41, 5.74) is 0.281. The minimum Gasteiger partial charge on any atom is -0.490 e. The Kier molecular flexibility index (Phi) is 8.36. The second kappa shape index (κ2) is 11.7. The molecule has 4 amide bonds. The third-order valence-corrected chi connectivity index (χ3v) is 7.10. The molecule has 0 aromatic heterocycles. The van der Waals surface area contributed by atoms with E-state index >= 15 is 0 Å². The average molecular weight is 585 g/mol. The van der Waals surface area contributed by atoms with Gasteiger partial charge in [0.15, 0.2) is 11.5 Å². The van der Waals surface area contributed by atoms with Gasteiger partial charge in [-0.25, -0.2) is 14.1 Å². The van der Waals surface area contributed by atoms with Crippen LogP contribution >= 0.6 is 11.6 Å². The summed E-state index contributed by atoms with van der Waals surface area (Å²) in [6.07, 6.45) is 2.88. The Labute approximate surface area is 234 Å². The number of ether oxygens (including phenoxy) is 1. The number of barbiturate groups is 1. The van der Waals surface area contributed by atoms with Crippen molar-refractivity contribution in [1.82, 2.24) is 5.32 Å². The smallest absolute Gasteiger partial charge is 0.339 e. The van der Waals surface area contributed by atoms with E-state index in [0.29, 0.717) is 15.5 Å². The van der Waals surface area contributed by atoms with E-state index in [9.17, 15) is 27.2 Å². The molecule has 0 aliphatic carbocycles. The van der Waals surface area contributed by atoms with E-state index in [1.165, 1.54) is 60.7 Å². The molecule has 0 saturated carbocycles. The fraction of sp³-hybridized carbons (Fsp3) is 0.107. The lowest BCUT2D eigenvalue weighted by Crippen LogP contribution is -2.54. The summed E-state index contributed by atoms with van der Waals surface area (Å²) in [7, 11) is -4.29. The van der Waals surface area contributed by atoms with Crippen molar-refractivity contribution < 1.29 is 36.1 Å². The van der Waals surface area contributed by atoms with Crippen molar-refractivity contribution in [2.75, 3.05) is 11.5 Å². The number of rotatable bonds is 9. The van der Waals surface area contributed by atoms with Crippen molar-refractivity contribution in [3.63, 3.8) is 0 Å². The predicted molar refractivity (Wildman–Crippen MR) is 146 cm³/mol. The summed E-state index contributed by atoms with van der Waals surface area (Å²) in [5, 5.41) is 2.44. The van der Waals surface area contributed by atoms with Gasteiger partial charge in [0.25, 0.3) is 11.8 Å². The monoisotopic (exact) mass is 584 g/mol. The van der Waals surface area contributed by atoms with Crippen LogP contribution in [0.3, 0.4) is 0 Å². The van der Waals surface area contributed by atoms with Crippen molar-refractivity contribution in [2.45, 2.75) is 18.2 Å². The molecule has 1 aliphatic heterocycles. The topological polar surface area (TPSA) is 119 Å². The van der Waals surface area contributed by atoms with Gasteiger partial charge < -0.3 is 8.92 Å². The van der Waals surface area contributed by atoms with Crippen molar-refractivity contribution >= 4 is 51.3 Å². The lowest BCUT2D eigenvalue weighted by molar-refractivity contribution is -0.122. The standard InChI is InChI=1S/C28H22ClFN2O7S/c1-3-5-18-14-17(15-23-26(33)31-28(35)32(27(23)34)21-10-8-20(30)9-11-21)16-24(38-4-2)25(18)39-40(36,37)22-12-6-19(29)7-13-22/h3,6-16H,1,4-5H2,2H3,(H,31,33,35)/b23-15+. The van der Waals surface area contributed by atoms with Gasteiger partial charge in [-0.15, -0.1) is 6.58 Å². The molecule has 0 unspecified atom stereocenters. The van der Waals surface area contributed by atoms with E-state index in [-0.39, 0.29) is 40.7 Å². The molecule has 4 rings (SSSR count). The Morgan fingerprint density at radius 2 is 1.73 bits per heavy atom. The van der Waals surface area contributed by atoms with Crippen LogP contribution in [0.2, 0.25) is 5.02 Å². The highest BCUT2D eigenvalue weighted by molar-refractivity contribution is 7.87. The van der Waals surface area contributed by atoms with Crippen LogP contribution in [0, 0.1) is 5.82 Å². The molecule has 1 N–H and O–H groups in total.